The molecule has 4 aromatic rings. The van der Waals surface area contributed by atoms with Crippen molar-refractivity contribution in [3.63, 3.8) is 0 Å². The molecule has 1 N–H and O–H groups in total. The zero-order valence-corrected chi connectivity index (χ0v) is 23.8. The predicted octanol–water partition coefficient (Wildman–Crippen LogP) is 4.94. The number of carbonyl (C=O) groups excluding carboxylic acids is 2. The Labute approximate surface area is 244 Å². The average molecular weight is 592 g/mol. The Bertz CT molecular complexity index is 1600. The lowest BCUT2D eigenvalue weighted by molar-refractivity contribution is -0.140. The van der Waals surface area contributed by atoms with Gasteiger partial charge in [0.1, 0.15) is 24.2 Å². The Kier molecular flexibility index (Phi) is 10.0. The molecule has 0 heterocycles. The second-order valence-corrected chi connectivity index (χ2v) is 11.4. The van der Waals surface area contributed by atoms with Gasteiger partial charge >= 0.3 is 0 Å². The Hall–Kier alpha value is -4.57. The predicted molar refractivity (Wildman–Crippen MR) is 157 cm³/mol. The molecule has 10 heteroatoms. The highest BCUT2D eigenvalue weighted by molar-refractivity contribution is 7.92. The summed E-state index contributed by atoms with van der Waals surface area (Å²) in [6.07, 6.45) is 0.114. The molecule has 0 saturated carbocycles. The Balaban J connectivity index is 1.78. The van der Waals surface area contributed by atoms with Crippen LogP contribution in [-0.2, 0) is 32.6 Å². The number of amides is 2. The normalized spacial score (nSPS) is 11.9. The molecule has 0 aliphatic heterocycles. The standard InChI is InChI=1S/C32H31F2N3O4S/c1-2-35-32(39)30(21-24-11-5-3-6-12-24)36(22-25-13-9-10-16-29(25)34)31(38)23-37(27-14-7-4-8-15-27)42(40,41)28-19-17-26(33)18-20-28/h3-20,30H,2,21-23H2,1H3,(H,35,39)/t30-/m0/s1. The van der Waals surface area contributed by atoms with Crippen molar-refractivity contribution in [2.24, 2.45) is 0 Å². The van der Waals surface area contributed by atoms with Gasteiger partial charge < -0.3 is 10.2 Å². The summed E-state index contributed by atoms with van der Waals surface area (Å²) in [4.78, 5) is 28.6. The number of hydrogen-bond donors (Lipinski definition) is 1. The van der Waals surface area contributed by atoms with Gasteiger partial charge in [-0.15, -0.1) is 0 Å². The Morgan fingerprint density at radius 1 is 0.810 bits per heavy atom. The summed E-state index contributed by atoms with van der Waals surface area (Å²) in [5, 5.41) is 2.75. The summed E-state index contributed by atoms with van der Waals surface area (Å²) >= 11 is 0. The minimum Gasteiger partial charge on any atom is -0.355 e. The van der Waals surface area contributed by atoms with Gasteiger partial charge in [-0.25, -0.2) is 17.2 Å². The average Bonchev–Trinajstić information content (AvgIpc) is 2.99. The highest BCUT2D eigenvalue weighted by atomic mass is 32.2. The van der Waals surface area contributed by atoms with Gasteiger partial charge in [-0.1, -0.05) is 66.7 Å². The van der Waals surface area contributed by atoms with E-state index >= 15 is 0 Å². The molecule has 0 aromatic heterocycles. The first kappa shape index (κ1) is 30.4. The number of anilines is 1. The topological polar surface area (TPSA) is 86.8 Å². The minimum absolute atomic E-state index is 0.114. The summed E-state index contributed by atoms with van der Waals surface area (Å²) in [7, 11) is -4.35. The summed E-state index contributed by atoms with van der Waals surface area (Å²) < 4.78 is 57.0. The number of nitrogens with one attached hydrogen (secondary N) is 1. The summed E-state index contributed by atoms with van der Waals surface area (Å²) in [6.45, 7) is 1.07. The van der Waals surface area contributed by atoms with E-state index in [0.717, 1.165) is 34.1 Å². The van der Waals surface area contributed by atoms with Gasteiger partial charge in [0.05, 0.1) is 10.6 Å². The van der Waals surface area contributed by atoms with Crippen LogP contribution in [0.4, 0.5) is 14.5 Å². The molecule has 0 saturated heterocycles. The number of sulfonamides is 1. The third kappa shape index (κ3) is 7.38. The smallest absolute Gasteiger partial charge is 0.264 e. The van der Waals surface area contributed by atoms with Crippen molar-refractivity contribution in [2.45, 2.75) is 30.8 Å². The highest BCUT2D eigenvalue weighted by Gasteiger charge is 2.34. The van der Waals surface area contributed by atoms with Crippen molar-refractivity contribution >= 4 is 27.5 Å². The van der Waals surface area contributed by atoms with Crippen LogP contribution >= 0.6 is 0 Å². The molecule has 0 radical (unpaired) electrons. The molecular weight excluding hydrogens is 560 g/mol. The number of nitrogens with zero attached hydrogens (tertiary/aromatic N) is 2. The quantitative estimate of drug-likeness (QED) is 0.253. The van der Waals surface area contributed by atoms with Crippen molar-refractivity contribution in [3.05, 3.63) is 132 Å². The van der Waals surface area contributed by atoms with Crippen LogP contribution in [0.3, 0.4) is 0 Å². The van der Waals surface area contributed by atoms with Crippen molar-refractivity contribution in [2.75, 3.05) is 17.4 Å². The van der Waals surface area contributed by atoms with E-state index in [1.807, 2.05) is 18.2 Å². The van der Waals surface area contributed by atoms with Crippen LogP contribution in [0.25, 0.3) is 0 Å². The van der Waals surface area contributed by atoms with Crippen LogP contribution in [-0.4, -0.2) is 44.3 Å². The van der Waals surface area contributed by atoms with Gasteiger partial charge in [0.25, 0.3) is 10.0 Å². The monoisotopic (exact) mass is 591 g/mol. The first-order valence-electron chi connectivity index (χ1n) is 13.4. The van der Waals surface area contributed by atoms with Gasteiger partial charge in [-0.05, 0) is 55.0 Å². The van der Waals surface area contributed by atoms with E-state index < -0.39 is 46.1 Å². The molecule has 2 amide bonds. The molecular formula is C32H31F2N3O4S. The van der Waals surface area contributed by atoms with Crippen LogP contribution in [0.2, 0.25) is 0 Å². The Morgan fingerprint density at radius 3 is 2.02 bits per heavy atom. The van der Waals surface area contributed by atoms with Crippen LogP contribution in [0.15, 0.2) is 114 Å². The van der Waals surface area contributed by atoms with Gasteiger partial charge in [-0.2, -0.15) is 0 Å². The van der Waals surface area contributed by atoms with E-state index in [1.165, 1.54) is 35.2 Å². The maximum atomic E-state index is 14.8. The highest BCUT2D eigenvalue weighted by Crippen LogP contribution is 2.25. The molecule has 0 unspecified atom stereocenters. The maximum absolute atomic E-state index is 14.8. The van der Waals surface area contributed by atoms with E-state index in [9.17, 15) is 26.8 Å². The molecule has 218 valence electrons. The number of benzene rings is 4. The number of hydrogen-bond acceptors (Lipinski definition) is 4. The maximum Gasteiger partial charge on any atom is 0.264 e. The lowest BCUT2D eigenvalue weighted by atomic mass is 10.0. The van der Waals surface area contributed by atoms with E-state index in [2.05, 4.69) is 5.32 Å². The van der Waals surface area contributed by atoms with Gasteiger partial charge in [0.15, 0.2) is 0 Å². The first-order valence-corrected chi connectivity index (χ1v) is 14.8. The molecule has 42 heavy (non-hydrogen) atoms. The van der Waals surface area contributed by atoms with Crippen molar-refractivity contribution in [3.8, 4) is 0 Å². The molecule has 7 nitrogen and oxygen atoms in total. The first-order chi connectivity index (χ1) is 20.2. The number of carbonyl (C=O) groups is 2. The molecule has 4 rings (SSSR count). The molecule has 0 spiro atoms. The zero-order valence-electron chi connectivity index (χ0n) is 23.0. The lowest BCUT2D eigenvalue weighted by Gasteiger charge is -2.33. The number of para-hydroxylation sites is 1. The van der Waals surface area contributed by atoms with Gasteiger partial charge in [0, 0.05) is 25.1 Å². The third-order valence-corrected chi connectivity index (χ3v) is 8.43. The molecule has 0 aliphatic rings. The SMILES string of the molecule is CCNC(=O)[C@H](Cc1ccccc1)N(Cc1ccccc1F)C(=O)CN(c1ccccc1)S(=O)(=O)c1ccc(F)cc1. The van der Waals surface area contributed by atoms with Crippen LogP contribution in [0.1, 0.15) is 18.1 Å². The Morgan fingerprint density at radius 2 is 1.40 bits per heavy atom. The van der Waals surface area contributed by atoms with Crippen LogP contribution < -0.4 is 9.62 Å². The number of halogens is 2. The molecule has 0 aliphatic carbocycles. The summed E-state index contributed by atoms with van der Waals surface area (Å²) in [5.74, 6) is -2.36. The van der Waals surface area contributed by atoms with Crippen molar-refractivity contribution in [1.82, 2.24) is 10.2 Å². The fraction of sp³-hybridized carbons (Fsp3) is 0.188. The molecule has 0 fully saturated rings. The molecule has 4 aromatic carbocycles. The zero-order chi connectivity index (χ0) is 30.1. The largest absolute Gasteiger partial charge is 0.355 e. The van der Waals surface area contributed by atoms with Crippen molar-refractivity contribution < 1.29 is 26.8 Å². The third-order valence-electron chi connectivity index (χ3n) is 6.65. The second kappa shape index (κ2) is 13.9. The van der Waals surface area contributed by atoms with Crippen molar-refractivity contribution in [1.29, 1.82) is 0 Å². The van der Waals surface area contributed by atoms with E-state index in [0.29, 0.717) is 6.54 Å². The summed E-state index contributed by atoms with van der Waals surface area (Å²) in [5.41, 5.74) is 1.12. The summed E-state index contributed by atoms with van der Waals surface area (Å²) in [6, 6.07) is 26.2. The molecule has 1 atom stereocenters. The van der Waals surface area contributed by atoms with E-state index in [1.54, 1.807) is 43.3 Å². The van der Waals surface area contributed by atoms with E-state index in [-0.39, 0.29) is 29.1 Å². The van der Waals surface area contributed by atoms with Crippen LogP contribution in [0.5, 0.6) is 0 Å². The fourth-order valence-electron chi connectivity index (χ4n) is 4.51. The van der Waals surface area contributed by atoms with Crippen LogP contribution in [0, 0.1) is 11.6 Å². The number of rotatable bonds is 12. The van der Waals surface area contributed by atoms with Gasteiger partial charge in [0.2, 0.25) is 11.8 Å². The van der Waals surface area contributed by atoms with Gasteiger partial charge in [-0.3, -0.25) is 13.9 Å². The molecule has 0 bridgehead atoms. The minimum atomic E-state index is -4.35. The fourth-order valence-corrected chi connectivity index (χ4v) is 5.93. The lowest BCUT2D eigenvalue weighted by Crippen LogP contribution is -2.53. The van der Waals surface area contributed by atoms with E-state index in [4.69, 9.17) is 0 Å². The second-order valence-electron chi connectivity index (χ2n) is 9.51. The number of likely N-dealkylation sites (N-methyl/N-ethyl adjacent to an activating group) is 1.